The van der Waals surface area contributed by atoms with Crippen LogP contribution in [0.25, 0.3) is 0 Å². The van der Waals surface area contributed by atoms with Gasteiger partial charge in [0.25, 0.3) is 5.56 Å². The number of rotatable bonds is 3. The minimum atomic E-state index is -0.430. The van der Waals surface area contributed by atoms with Crippen LogP contribution in [0.15, 0.2) is 23.1 Å². The molecular weight excluding hydrogens is 192 g/mol. The third-order valence-corrected chi connectivity index (χ3v) is 3.09. The number of hydrogen-bond donors (Lipinski definition) is 1. The average Bonchev–Trinajstić information content (AvgIpc) is 2.74. The van der Waals surface area contributed by atoms with Crippen molar-refractivity contribution in [3.8, 4) is 0 Å². The summed E-state index contributed by atoms with van der Waals surface area (Å²) in [5.41, 5.74) is -0.144. The highest BCUT2D eigenvalue weighted by atomic mass is 16.3. The van der Waals surface area contributed by atoms with Crippen LogP contribution in [0.3, 0.4) is 0 Å². The molecule has 4 heteroatoms. The van der Waals surface area contributed by atoms with Crippen molar-refractivity contribution < 1.29 is 5.11 Å². The molecule has 1 saturated carbocycles. The first kappa shape index (κ1) is 10.4. The molecule has 2 rings (SSSR count). The van der Waals surface area contributed by atoms with Crippen molar-refractivity contribution in [3.63, 3.8) is 0 Å². The van der Waals surface area contributed by atoms with Gasteiger partial charge >= 0.3 is 0 Å². The minimum absolute atomic E-state index is 0.144. The second kappa shape index (κ2) is 4.57. The van der Waals surface area contributed by atoms with Gasteiger partial charge in [-0.25, -0.2) is 4.68 Å². The lowest BCUT2D eigenvalue weighted by Crippen LogP contribution is -2.31. The second-order valence-electron chi connectivity index (χ2n) is 4.16. The van der Waals surface area contributed by atoms with Crippen molar-refractivity contribution in [2.75, 3.05) is 0 Å². The lowest BCUT2D eigenvalue weighted by Gasteiger charge is -2.17. The maximum absolute atomic E-state index is 11.4. The van der Waals surface area contributed by atoms with E-state index in [0.29, 0.717) is 12.5 Å². The fraction of sp³-hybridized carbons (Fsp3) is 0.636. The van der Waals surface area contributed by atoms with Crippen molar-refractivity contribution in [1.82, 2.24) is 9.78 Å². The number of aromatic nitrogens is 2. The van der Waals surface area contributed by atoms with Crippen LogP contribution in [0.1, 0.15) is 25.7 Å². The standard InChI is InChI=1S/C11H16N2O2/c14-10(9-4-1-2-5-9)8-13-11(15)6-3-7-12-13/h3,6-7,9-10,14H,1-2,4-5,8H2. The zero-order valence-corrected chi connectivity index (χ0v) is 8.67. The van der Waals surface area contributed by atoms with Gasteiger partial charge in [0.2, 0.25) is 0 Å². The molecule has 1 aliphatic rings. The molecule has 1 aromatic rings. The van der Waals surface area contributed by atoms with E-state index >= 15 is 0 Å². The molecule has 1 aliphatic carbocycles. The molecule has 1 N–H and O–H groups in total. The SMILES string of the molecule is O=c1cccnn1CC(O)C1CCCC1. The van der Waals surface area contributed by atoms with Gasteiger partial charge in [0.1, 0.15) is 0 Å². The molecular formula is C11H16N2O2. The molecule has 0 bridgehead atoms. The van der Waals surface area contributed by atoms with E-state index in [1.807, 2.05) is 0 Å². The zero-order valence-electron chi connectivity index (χ0n) is 8.67. The summed E-state index contributed by atoms with van der Waals surface area (Å²) >= 11 is 0. The average molecular weight is 208 g/mol. The van der Waals surface area contributed by atoms with Crippen LogP contribution in [0, 0.1) is 5.92 Å². The van der Waals surface area contributed by atoms with Gasteiger partial charge in [-0.2, -0.15) is 5.10 Å². The van der Waals surface area contributed by atoms with Gasteiger partial charge in [-0.1, -0.05) is 12.8 Å². The van der Waals surface area contributed by atoms with Crippen LogP contribution in [0.2, 0.25) is 0 Å². The molecule has 0 spiro atoms. The third-order valence-electron chi connectivity index (χ3n) is 3.09. The molecule has 4 nitrogen and oxygen atoms in total. The monoisotopic (exact) mass is 208 g/mol. The molecule has 1 heterocycles. The Labute approximate surface area is 88.6 Å². The maximum atomic E-state index is 11.4. The number of aliphatic hydroxyl groups excluding tert-OH is 1. The van der Waals surface area contributed by atoms with E-state index in [1.54, 1.807) is 12.3 Å². The van der Waals surface area contributed by atoms with Gasteiger partial charge < -0.3 is 5.11 Å². The lowest BCUT2D eigenvalue weighted by atomic mass is 10.0. The number of hydrogen-bond acceptors (Lipinski definition) is 3. The zero-order chi connectivity index (χ0) is 10.7. The summed E-state index contributed by atoms with van der Waals surface area (Å²) < 4.78 is 1.34. The Bertz CT molecular complexity index is 369. The Morgan fingerprint density at radius 2 is 2.27 bits per heavy atom. The van der Waals surface area contributed by atoms with Crippen molar-refractivity contribution >= 4 is 0 Å². The van der Waals surface area contributed by atoms with Crippen LogP contribution < -0.4 is 5.56 Å². The minimum Gasteiger partial charge on any atom is -0.391 e. The molecule has 0 saturated heterocycles. The van der Waals surface area contributed by atoms with Crippen molar-refractivity contribution in [1.29, 1.82) is 0 Å². The lowest BCUT2D eigenvalue weighted by molar-refractivity contribution is 0.0878. The van der Waals surface area contributed by atoms with E-state index in [2.05, 4.69) is 5.10 Å². The van der Waals surface area contributed by atoms with Crippen LogP contribution in [0.4, 0.5) is 0 Å². The molecule has 1 atom stereocenters. The van der Waals surface area contributed by atoms with E-state index in [0.717, 1.165) is 12.8 Å². The van der Waals surface area contributed by atoms with Crippen molar-refractivity contribution in [2.45, 2.75) is 38.3 Å². The molecule has 0 radical (unpaired) electrons. The summed E-state index contributed by atoms with van der Waals surface area (Å²) in [5, 5.41) is 13.9. The fourth-order valence-electron chi connectivity index (χ4n) is 2.19. The van der Waals surface area contributed by atoms with E-state index in [1.165, 1.54) is 23.6 Å². The number of aliphatic hydroxyl groups is 1. The van der Waals surface area contributed by atoms with Crippen LogP contribution >= 0.6 is 0 Å². The molecule has 1 fully saturated rings. The van der Waals surface area contributed by atoms with Gasteiger partial charge in [0.15, 0.2) is 0 Å². The molecule has 82 valence electrons. The summed E-state index contributed by atoms with van der Waals surface area (Å²) in [6, 6.07) is 3.08. The first-order valence-corrected chi connectivity index (χ1v) is 5.47. The Morgan fingerprint density at radius 3 is 2.93 bits per heavy atom. The Kier molecular flexibility index (Phi) is 3.16. The second-order valence-corrected chi connectivity index (χ2v) is 4.16. The van der Waals surface area contributed by atoms with E-state index in [9.17, 15) is 9.90 Å². The van der Waals surface area contributed by atoms with Crippen LogP contribution in [-0.4, -0.2) is 21.0 Å². The summed E-state index contributed by atoms with van der Waals surface area (Å²) in [6.45, 7) is 0.324. The maximum Gasteiger partial charge on any atom is 0.266 e. The van der Waals surface area contributed by atoms with Gasteiger partial charge in [0.05, 0.1) is 12.6 Å². The fourth-order valence-corrected chi connectivity index (χ4v) is 2.19. The predicted octanol–water partition coefficient (Wildman–Crippen LogP) is 0.794. The highest BCUT2D eigenvalue weighted by Crippen LogP contribution is 2.27. The van der Waals surface area contributed by atoms with E-state index in [-0.39, 0.29) is 5.56 Å². The third kappa shape index (κ3) is 2.45. The quantitative estimate of drug-likeness (QED) is 0.799. The molecule has 1 aromatic heterocycles. The largest absolute Gasteiger partial charge is 0.391 e. The Balaban J connectivity index is 2.02. The van der Waals surface area contributed by atoms with Gasteiger partial charge in [0, 0.05) is 12.3 Å². The highest BCUT2D eigenvalue weighted by Gasteiger charge is 2.23. The Morgan fingerprint density at radius 1 is 1.53 bits per heavy atom. The van der Waals surface area contributed by atoms with Gasteiger partial charge in [-0.05, 0) is 24.8 Å². The number of nitrogens with zero attached hydrogens (tertiary/aromatic N) is 2. The molecule has 0 aliphatic heterocycles. The molecule has 0 aromatic carbocycles. The summed E-state index contributed by atoms with van der Waals surface area (Å²) in [5.74, 6) is 0.346. The topological polar surface area (TPSA) is 55.1 Å². The van der Waals surface area contributed by atoms with Crippen molar-refractivity contribution in [2.24, 2.45) is 5.92 Å². The molecule has 0 amide bonds. The van der Waals surface area contributed by atoms with E-state index in [4.69, 9.17) is 0 Å². The van der Waals surface area contributed by atoms with Crippen LogP contribution in [-0.2, 0) is 6.54 Å². The first-order chi connectivity index (χ1) is 7.27. The smallest absolute Gasteiger partial charge is 0.266 e. The normalized spacial score (nSPS) is 19.3. The molecule has 15 heavy (non-hydrogen) atoms. The van der Waals surface area contributed by atoms with Crippen molar-refractivity contribution in [3.05, 3.63) is 28.7 Å². The van der Waals surface area contributed by atoms with Crippen LogP contribution in [0.5, 0.6) is 0 Å². The van der Waals surface area contributed by atoms with Gasteiger partial charge in [-0.15, -0.1) is 0 Å². The summed E-state index contributed by atoms with van der Waals surface area (Å²) in [6.07, 6.45) is 5.67. The summed E-state index contributed by atoms with van der Waals surface area (Å²) in [4.78, 5) is 11.4. The molecule has 1 unspecified atom stereocenters. The van der Waals surface area contributed by atoms with E-state index < -0.39 is 6.10 Å². The Hall–Kier alpha value is -1.16. The highest BCUT2D eigenvalue weighted by molar-refractivity contribution is 4.85. The summed E-state index contributed by atoms with van der Waals surface area (Å²) in [7, 11) is 0. The predicted molar refractivity (Wildman–Crippen MR) is 56.5 cm³/mol. The first-order valence-electron chi connectivity index (χ1n) is 5.47. The van der Waals surface area contributed by atoms with Gasteiger partial charge in [-0.3, -0.25) is 4.79 Å².